The third-order valence-electron chi connectivity index (χ3n) is 11.5. The van der Waals surface area contributed by atoms with Gasteiger partial charge in [0.05, 0.1) is 37.4 Å². The number of halogens is 1. The fraction of sp³-hybridized carbons (Fsp3) is 0.725. The zero-order chi connectivity index (χ0) is 54.1. The van der Waals surface area contributed by atoms with E-state index in [1.165, 1.54) is 0 Å². The van der Waals surface area contributed by atoms with Gasteiger partial charge in [0.1, 0.15) is 61.5 Å². The van der Waals surface area contributed by atoms with Crippen LogP contribution in [0.15, 0.2) is 55.9 Å². The molecule has 2 N–H and O–H groups in total. The number of benzene rings is 1. The van der Waals surface area contributed by atoms with Gasteiger partial charge in [0.25, 0.3) is 0 Å². The summed E-state index contributed by atoms with van der Waals surface area (Å²) in [6.45, 7) is 3.17. The van der Waals surface area contributed by atoms with Crippen LogP contribution in [0.4, 0.5) is 4.39 Å². The highest BCUT2D eigenvalue weighted by atomic mass is 19.1. The number of nitrogens with two attached hydrogens (primary N) is 1. The van der Waals surface area contributed by atoms with Crippen molar-refractivity contribution in [2.45, 2.75) is 164 Å². The molecule has 5 rings (SSSR count). The number of nitrogens with zero attached hydrogens (tertiary/aromatic N) is 15. The van der Waals surface area contributed by atoms with E-state index in [1.54, 1.807) is 30.3 Å². The van der Waals surface area contributed by atoms with Gasteiger partial charge >= 0.3 is 29.8 Å². The monoisotopic (exact) mass is 1050 g/mol. The Balaban J connectivity index is 1.62. The van der Waals surface area contributed by atoms with E-state index in [-0.39, 0.29) is 6.61 Å². The smallest absolute Gasteiger partial charge is 0.303 e. The SMILES string of the molecule is CC(=O)OC[C@H]1O[C@@H](O[C@H]2[C@H](OC3O[C@H](CN=[N+]=[N-])[C@@H](OCc4ccccc4)[C@H](F)C3N=[N+]=[N-])C(N=[N+]=[N-])CC(N=[N+]=[N-])[C@@H]2OC(C)=O)[C@H](OC(C)=O)[C@@H]1O[C@H]1O[C@@H](CN)[C@@H](OC(C)=O)[C@H](OC(C)=O)C1N=[N+]=[N-]. The fourth-order valence-electron chi connectivity index (χ4n) is 8.68. The molecule has 1 aromatic carbocycles. The third kappa shape index (κ3) is 14.9. The Kier molecular flexibility index (Phi) is 21.6. The molecular formula is C40H51FN16O17. The van der Waals surface area contributed by atoms with Crippen molar-refractivity contribution in [1.29, 1.82) is 0 Å². The molecule has 74 heavy (non-hydrogen) atoms. The van der Waals surface area contributed by atoms with Crippen molar-refractivity contribution < 1.29 is 85.2 Å². The van der Waals surface area contributed by atoms with Gasteiger partial charge in [-0.1, -0.05) is 55.9 Å². The van der Waals surface area contributed by atoms with Crippen LogP contribution in [0.25, 0.3) is 52.2 Å². The molecule has 0 spiro atoms. The molecule has 5 unspecified atom stereocenters. The molecular weight excluding hydrogens is 996 g/mol. The summed E-state index contributed by atoms with van der Waals surface area (Å²) in [5.74, 6) is -4.67. The van der Waals surface area contributed by atoms with E-state index in [1.807, 2.05) is 0 Å². The number of azide groups is 5. The molecule has 1 saturated carbocycles. The topological polar surface area (TPSA) is 466 Å². The van der Waals surface area contributed by atoms with E-state index in [0.717, 1.165) is 34.6 Å². The van der Waals surface area contributed by atoms with Crippen LogP contribution in [-0.2, 0) is 87.4 Å². The molecule has 0 radical (unpaired) electrons. The summed E-state index contributed by atoms with van der Waals surface area (Å²) in [4.78, 5) is 76.8. The van der Waals surface area contributed by atoms with Crippen molar-refractivity contribution in [3.05, 3.63) is 88.1 Å². The molecule has 4 fully saturated rings. The molecule has 19 atom stereocenters. The number of hydrogen-bond donors (Lipinski definition) is 1. The lowest BCUT2D eigenvalue weighted by Crippen LogP contribution is -2.64. The molecule has 3 heterocycles. The average molecular weight is 1050 g/mol. The van der Waals surface area contributed by atoms with Crippen LogP contribution in [0.2, 0.25) is 0 Å². The number of rotatable bonds is 22. The molecule has 0 amide bonds. The second kappa shape index (κ2) is 27.7. The summed E-state index contributed by atoms with van der Waals surface area (Å²) >= 11 is 0. The molecule has 0 bridgehead atoms. The minimum Gasteiger partial charge on any atom is -0.463 e. The van der Waals surface area contributed by atoms with Crippen molar-refractivity contribution in [2.24, 2.45) is 31.3 Å². The number of hydrogen-bond acceptors (Lipinski definition) is 23. The van der Waals surface area contributed by atoms with Crippen molar-refractivity contribution in [3.63, 3.8) is 0 Å². The Bertz CT molecular complexity index is 2400. The Hall–Kier alpha value is -7.27. The van der Waals surface area contributed by atoms with Crippen molar-refractivity contribution in [1.82, 2.24) is 0 Å². The van der Waals surface area contributed by atoms with E-state index in [0.29, 0.717) is 5.56 Å². The first-order valence-corrected chi connectivity index (χ1v) is 22.4. The fourth-order valence-corrected chi connectivity index (χ4v) is 8.68. The summed E-state index contributed by atoms with van der Waals surface area (Å²) in [5, 5.41) is 18.4. The van der Waals surface area contributed by atoms with Gasteiger partial charge in [-0.05, 0) is 39.6 Å². The number of ether oxygens (including phenoxy) is 12. The van der Waals surface area contributed by atoms with Gasteiger partial charge in [0, 0.05) is 65.7 Å². The van der Waals surface area contributed by atoms with Crippen LogP contribution in [0.1, 0.15) is 46.6 Å². The Morgan fingerprint density at radius 2 is 1.09 bits per heavy atom. The second-order valence-corrected chi connectivity index (χ2v) is 16.6. The highest BCUT2D eigenvalue weighted by Crippen LogP contribution is 2.41. The summed E-state index contributed by atoms with van der Waals surface area (Å²) in [5.41, 5.74) is 54.8. The molecule has 400 valence electrons. The molecule has 3 aliphatic heterocycles. The summed E-state index contributed by atoms with van der Waals surface area (Å²) in [7, 11) is 0. The van der Waals surface area contributed by atoms with Crippen LogP contribution < -0.4 is 5.73 Å². The van der Waals surface area contributed by atoms with Gasteiger partial charge in [0.2, 0.25) is 0 Å². The third-order valence-corrected chi connectivity index (χ3v) is 11.5. The number of esters is 5. The molecule has 0 aromatic heterocycles. The second-order valence-electron chi connectivity index (χ2n) is 16.6. The molecule has 34 heteroatoms. The highest BCUT2D eigenvalue weighted by Gasteiger charge is 2.59. The van der Waals surface area contributed by atoms with Gasteiger partial charge in [-0.25, -0.2) is 4.39 Å². The molecule has 33 nitrogen and oxygen atoms in total. The number of alkyl halides is 1. The van der Waals surface area contributed by atoms with Gasteiger partial charge in [-0.3, -0.25) is 24.0 Å². The molecule has 4 aliphatic rings. The number of carbonyl (C=O) groups excluding carboxylic acids is 5. The zero-order valence-corrected chi connectivity index (χ0v) is 40.0. The quantitative estimate of drug-likeness (QED) is 0.0565. The largest absolute Gasteiger partial charge is 0.463 e. The van der Waals surface area contributed by atoms with Crippen molar-refractivity contribution in [3.8, 4) is 0 Å². The predicted molar refractivity (Wildman–Crippen MR) is 239 cm³/mol. The average Bonchev–Trinajstić information content (AvgIpc) is 3.65. The van der Waals surface area contributed by atoms with Crippen LogP contribution in [0, 0.1) is 0 Å². The first-order valence-electron chi connectivity index (χ1n) is 22.4. The van der Waals surface area contributed by atoms with E-state index in [9.17, 15) is 51.6 Å². The van der Waals surface area contributed by atoms with Crippen molar-refractivity contribution in [2.75, 3.05) is 19.7 Å². The van der Waals surface area contributed by atoms with E-state index < -0.39 is 172 Å². The van der Waals surface area contributed by atoms with Crippen LogP contribution >= 0.6 is 0 Å². The summed E-state index contributed by atoms with van der Waals surface area (Å²) in [6, 6.07) is 1.92. The number of carbonyl (C=O) groups is 5. The van der Waals surface area contributed by atoms with Gasteiger partial charge < -0.3 is 62.6 Å². The summed E-state index contributed by atoms with van der Waals surface area (Å²) < 4.78 is 88.0. The Morgan fingerprint density at radius 1 is 0.581 bits per heavy atom. The lowest BCUT2D eigenvalue weighted by Gasteiger charge is -2.47. The van der Waals surface area contributed by atoms with Gasteiger partial charge in [-0.15, -0.1) is 0 Å². The minimum atomic E-state index is -2.26. The van der Waals surface area contributed by atoms with E-state index >= 15 is 4.39 Å². The van der Waals surface area contributed by atoms with E-state index in [2.05, 4.69) is 50.1 Å². The van der Waals surface area contributed by atoms with Gasteiger partial charge in [-0.2, -0.15) is 0 Å². The lowest BCUT2D eigenvalue weighted by molar-refractivity contribution is -0.307. The maximum atomic E-state index is 16.9. The first-order chi connectivity index (χ1) is 35.5. The molecule has 3 saturated heterocycles. The maximum absolute atomic E-state index is 16.9. The summed E-state index contributed by atoms with van der Waals surface area (Å²) in [6.07, 6.45) is -26.6. The zero-order valence-electron chi connectivity index (χ0n) is 40.0. The van der Waals surface area contributed by atoms with E-state index in [4.69, 9.17) is 62.6 Å². The highest BCUT2D eigenvalue weighted by molar-refractivity contribution is 5.68. The minimum absolute atomic E-state index is 0.179. The normalized spacial score (nSPS) is 34.2. The standard InChI is InChI=1S/C40H51FN16O17/c1-16(58)63-15-26-34(73-39-29(52-57-47)35(67-19(4)61)33(66-18(3)60)24(12-42)69-39)37(68-20(5)62)40(71-26)74-36-30(65-17(2)59)22(49-54-44)11-23(50-55-45)31(36)72-38-28(51-56-46)27(41)32(25(70-38)13-48-53-43)64-14-21-9-7-6-8-10-21/h6-10,22-40H,11-15,42H2,1-5H3/t22?,23?,24-,25+,26+,27+,28?,29?,30-,31+,32+,33+,34+,35+,36+,37+,38?,39+,40-/m0/s1. The molecule has 1 aromatic rings. The predicted octanol–water partition coefficient (Wildman–Crippen LogP) is 3.92. The molecule has 1 aliphatic carbocycles. The first kappa shape index (κ1) is 57.6. The lowest BCUT2D eigenvalue weighted by atomic mass is 9.83. The Labute approximate surface area is 417 Å². The Morgan fingerprint density at radius 3 is 1.68 bits per heavy atom. The van der Waals surface area contributed by atoms with Crippen LogP contribution in [0.3, 0.4) is 0 Å². The van der Waals surface area contributed by atoms with Crippen LogP contribution in [-0.4, -0.2) is 166 Å². The van der Waals surface area contributed by atoms with Crippen molar-refractivity contribution >= 4 is 29.8 Å². The van der Waals surface area contributed by atoms with Gasteiger partial charge in [0.15, 0.2) is 37.2 Å². The maximum Gasteiger partial charge on any atom is 0.303 e. The van der Waals surface area contributed by atoms with Crippen LogP contribution in [0.5, 0.6) is 0 Å².